The first-order valence-corrected chi connectivity index (χ1v) is 7.28. The second-order valence-electron chi connectivity index (χ2n) is 4.33. The standard InChI is InChI=1S/C15H12INO5/c16-9-1-4-11(5-2-9)22-8-14(19)17-13-6-3-10(18)7-12(13)15(20)21/h1-7,18H,8H2,(H,17,19)(H,20,21). The normalized spacial score (nSPS) is 10.0. The molecule has 0 spiro atoms. The summed E-state index contributed by atoms with van der Waals surface area (Å²) in [7, 11) is 0. The van der Waals surface area contributed by atoms with E-state index < -0.39 is 11.9 Å². The lowest BCUT2D eigenvalue weighted by Gasteiger charge is -2.10. The molecule has 2 aromatic carbocycles. The Morgan fingerprint density at radius 1 is 1.14 bits per heavy atom. The van der Waals surface area contributed by atoms with Crippen molar-refractivity contribution in [2.75, 3.05) is 11.9 Å². The van der Waals surface area contributed by atoms with Gasteiger partial charge in [-0.25, -0.2) is 4.79 Å². The minimum Gasteiger partial charge on any atom is -0.508 e. The lowest BCUT2D eigenvalue weighted by atomic mass is 10.1. The van der Waals surface area contributed by atoms with E-state index in [0.717, 1.165) is 9.64 Å². The molecule has 3 N–H and O–H groups in total. The molecule has 7 heteroatoms. The minimum absolute atomic E-state index is 0.0986. The molecule has 0 bridgehead atoms. The summed E-state index contributed by atoms with van der Waals surface area (Å²) in [5.41, 5.74) is -0.0934. The highest BCUT2D eigenvalue weighted by molar-refractivity contribution is 14.1. The first-order chi connectivity index (χ1) is 10.5. The zero-order valence-electron chi connectivity index (χ0n) is 11.2. The molecule has 0 saturated carbocycles. The maximum absolute atomic E-state index is 11.8. The van der Waals surface area contributed by atoms with E-state index in [4.69, 9.17) is 9.84 Å². The van der Waals surface area contributed by atoms with Crippen LogP contribution in [0.1, 0.15) is 10.4 Å². The third-order valence-corrected chi connectivity index (χ3v) is 3.41. The highest BCUT2D eigenvalue weighted by Gasteiger charge is 2.13. The number of anilines is 1. The molecular weight excluding hydrogens is 401 g/mol. The summed E-state index contributed by atoms with van der Waals surface area (Å²) >= 11 is 2.15. The number of carboxylic acid groups (broad SMARTS) is 1. The number of carbonyl (C=O) groups is 2. The average molecular weight is 413 g/mol. The fourth-order valence-electron chi connectivity index (χ4n) is 1.68. The van der Waals surface area contributed by atoms with Crippen LogP contribution in [0.2, 0.25) is 0 Å². The van der Waals surface area contributed by atoms with Crippen LogP contribution < -0.4 is 10.1 Å². The Morgan fingerprint density at radius 2 is 1.82 bits per heavy atom. The summed E-state index contributed by atoms with van der Waals surface area (Å²) in [6.45, 7) is -0.249. The predicted molar refractivity (Wildman–Crippen MR) is 88.3 cm³/mol. The SMILES string of the molecule is O=C(COc1ccc(I)cc1)Nc1ccc(O)cc1C(=O)O. The van der Waals surface area contributed by atoms with Gasteiger partial charge in [0.1, 0.15) is 11.5 Å². The Labute approximate surface area is 139 Å². The molecule has 114 valence electrons. The predicted octanol–water partition coefficient (Wildman–Crippen LogP) is 2.71. The monoisotopic (exact) mass is 413 g/mol. The second kappa shape index (κ2) is 7.12. The van der Waals surface area contributed by atoms with Crippen LogP contribution in [0.5, 0.6) is 11.5 Å². The maximum atomic E-state index is 11.8. The number of rotatable bonds is 5. The number of phenols is 1. The molecule has 0 aromatic heterocycles. The van der Waals surface area contributed by atoms with E-state index in [9.17, 15) is 14.7 Å². The van der Waals surface area contributed by atoms with Crippen LogP contribution in [0.25, 0.3) is 0 Å². The fourth-order valence-corrected chi connectivity index (χ4v) is 2.04. The number of halogens is 1. The van der Waals surface area contributed by atoms with Crippen LogP contribution in [0.4, 0.5) is 5.69 Å². The lowest BCUT2D eigenvalue weighted by molar-refractivity contribution is -0.118. The van der Waals surface area contributed by atoms with Crippen molar-refractivity contribution in [3.8, 4) is 11.5 Å². The van der Waals surface area contributed by atoms with Gasteiger partial charge in [-0.2, -0.15) is 0 Å². The molecule has 0 aliphatic rings. The molecule has 0 atom stereocenters. The van der Waals surface area contributed by atoms with Crippen LogP contribution >= 0.6 is 22.6 Å². The maximum Gasteiger partial charge on any atom is 0.337 e. The van der Waals surface area contributed by atoms with Crippen LogP contribution in [-0.2, 0) is 4.79 Å². The molecule has 2 aromatic rings. The molecule has 6 nitrogen and oxygen atoms in total. The molecule has 0 fully saturated rings. The molecule has 0 aliphatic carbocycles. The van der Waals surface area contributed by atoms with Crippen molar-refractivity contribution in [1.82, 2.24) is 0 Å². The molecule has 2 rings (SSSR count). The van der Waals surface area contributed by atoms with E-state index in [1.165, 1.54) is 12.1 Å². The number of phenolic OH excluding ortho intramolecular Hbond substituents is 1. The molecular formula is C15H12INO5. The molecule has 1 amide bonds. The van der Waals surface area contributed by atoms with E-state index in [0.29, 0.717) is 5.75 Å². The highest BCUT2D eigenvalue weighted by atomic mass is 127. The summed E-state index contributed by atoms with van der Waals surface area (Å²) < 4.78 is 6.35. The highest BCUT2D eigenvalue weighted by Crippen LogP contribution is 2.21. The fraction of sp³-hybridized carbons (Fsp3) is 0.0667. The van der Waals surface area contributed by atoms with Gasteiger partial charge >= 0.3 is 5.97 Å². The van der Waals surface area contributed by atoms with E-state index >= 15 is 0 Å². The number of carboxylic acids is 1. The van der Waals surface area contributed by atoms with Crippen molar-refractivity contribution in [3.63, 3.8) is 0 Å². The molecule has 0 aliphatic heterocycles. The first-order valence-electron chi connectivity index (χ1n) is 6.20. The number of nitrogens with one attached hydrogen (secondary N) is 1. The molecule has 0 saturated heterocycles. The number of aromatic carboxylic acids is 1. The number of benzene rings is 2. The summed E-state index contributed by atoms with van der Waals surface area (Å²) in [5.74, 6) is -1.39. The Hall–Kier alpha value is -2.29. The zero-order valence-corrected chi connectivity index (χ0v) is 13.4. The number of hydrogen-bond acceptors (Lipinski definition) is 4. The first kappa shape index (κ1) is 16.1. The number of amides is 1. The molecule has 22 heavy (non-hydrogen) atoms. The van der Waals surface area contributed by atoms with Gasteiger partial charge in [-0.3, -0.25) is 4.79 Å². The van der Waals surface area contributed by atoms with Crippen LogP contribution in [0, 0.1) is 3.57 Å². The summed E-state index contributed by atoms with van der Waals surface area (Å²) in [5, 5.41) is 20.8. The van der Waals surface area contributed by atoms with Gasteiger partial charge < -0.3 is 20.3 Å². The number of ether oxygens (including phenoxy) is 1. The van der Waals surface area contributed by atoms with Crippen LogP contribution in [0.3, 0.4) is 0 Å². The van der Waals surface area contributed by atoms with Gasteiger partial charge in [-0.15, -0.1) is 0 Å². The topological polar surface area (TPSA) is 95.9 Å². The molecule has 0 unspecified atom stereocenters. The van der Waals surface area contributed by atoms with Gasteiger partial charge in [0.2, 0.25) is 0 Å². The number of carbonyl (C=O) groups excluding carboxylic acids is 1. The number of aromatic hydroxyl groups is 1. The lowest BCUT2D eigenvalue weighted by Crippen LogP contribution is -2.21. The Morgan fingerprint density at radius 3 is 2.45 bits per heavy atom. The van der Waals surface area contributed by atoms with Crippen molar-refractivity contribution in [3.05, 3.63) is 51.6 Å². The molecule has 0 heterocycles. The quantitative estimate of drug-likeness (QED) is 0.518. The van der Waals surface area contributed by atoms with Crippen molar-refractivity contribution < 1.29 is 24.5 Å². The van der Waals surface area contributed by atoms with Gasteiger partial charge in [0.25, 0.3) is 5.91 Å². The van der Waals surface area contributed by atoms with E-state index in [-0.39, 0.29) is 23.6 Å². The van der Waals surface area contributed by atoms with Gasteiger partial charge in [0.15, 0.2) is 6.61 Å². The van der Waals surface area contributed by atoms with Gasteiger partial charge in [0, 0.05) is 3.57 Å². The van der Waals surface area contributed by atoms with Gasteiger partial charge in [-0.05, 0) is 65.1 Å². The number of hydrogen-bond donors (Lipinski definition) is 3. The van der Waals surface area contributed by atoms with Crippen molar-refractivity contribution in [1.29, 1.82) is 0 Å². The van der Waals surface area contributed by atoms with Crippen molar-refractivity contribution >= 4 is 40.2 Å². The third-order valence-electron chi connectivity index (χ3n) is 2.69. The Balaban J connectivity index is 2.00. The summed E-state index contributed by atoms with van der Waals surface area (Å²) in [6.07, 6.45) is 0. The Bertz CT molecular complexity index is 700. The Kier molecular flexibility index (Phi) is 5.21. The van der Waals surface area contributed by atoms with E-state index in [1.54, 1.807) is 12.1 Å². The van der Waals surface area contributed by atoms with Gasteiger partial charge in [0.05, 0.1) is 11.3 Å². The average Bonchev–Trinajstić information content (AvgIpc) is 2.48. The van der Waals surface area contributed by atoms with E-state index in [2.05, 4.69) is 27.9 Å². The van der Waals surface area contributed by atoms with Crippen molar-refractivity contribution in [2.45, 2.75) is 0 Å². The molecule has 0 radical (unpaired) electrons. The van der Waals surface area contributed by atoms with Gasteiger partial charge in [-0.1, -0.05) is 0 Å². The smallest absolute Gasteiger partial charge is 0.337 e. The zero-order chi connectivity index (χ0) is 16.1. The van der Waals surface area contributed by atoms with Crippen molar-refractivity contribution in [2.24, 2.45) is 0 Å². The second-order valence-corrected chi connectivity index (χ2v) is 5.57. The largest absolute Gasteiger partial charge is 0.508 e. The van der Waals surface area contributed by atoms with Crippen LogP contribution in [-0.4, -0.2) is 28.7 Å². The van der Waals surface area contributed by atoms with E-state index in [1.807, 2.05) is 12.1 Å². The minimum atomic E-state index is -1.25. The third kappa shape index (κ3) is 4.35. The summed E-state index contributed by atoms with van der Waals surface area (Å²) in [6, 6.07) is 10.8. The van der Waals surface area contributed by atoms with Crippen LogP contribution in [0.15, 0.2) is 42.5 Å². The summed E-state index contributed by atoms with van der Waals surface area (Å²) in [4.78, 5) is 22.9.